The Hall–Kier alpha value is -0.900. The molecule has 1 heterocycles. The van der Waals surface area contributed by atoms with Crippen molar-refractivity contribution in [3.8, 4) is 0 Å². The molecule has 0 saturated heterocycles. The number of aryl methyl sites for hydroxylation is 1. The van der Waals surface area contributed by atoms with Crippen LogP contribution >= 0.6 is 0 Å². The summed E-state index contributed by atoms with van der Waals surface area (Å²) in [5, 5.41) is 7.61. The first kappa shape index (κ1) is 12.2. The number of rotatable bonds is 7. The van der Waals surface area contributed by atoms with Gasteiger partial charge in [0.2, 0.25) is 0 Å². The molecule has 0 radical (unpaired) electrons. The second-order valence-corrected chi connectivity index (χ2v) is 3.92. The normalized spacial score (nSPS) is 13.0. The zero-order valence-corrected chi connectivity index (χ0v) is 10.0. The van der Waals surface area contributed by atoms with E-state index in [2.05, 4.69) is 36.2 Å². The first-order valence-electron chi connectivity index (χ1n) is 5.88. The Morgan fingerprint density at radius 1 is 1.47 bits per heavy atom. The molecule has 0 aliphatic heterocycles. The van der Waals surface area contributed by atoms with Gasteiger partial charge in [-0.05, 0) is 20.3 Å². The van der Waals surface area contributed by atoms with Gasteiger partial charge in [-0.2, -0.15) is 5.10 Å². The highest BCUT2D eigenvalue weighted by Gasteiger charge is 2.04. The Bertz CT molecular complexity index is 269. The lowest BCUT2D eigenvalue weighted by molar-refractivity contribution is 0.473. The monoisotopic (exact) mass is 210 g/mol. The fourth-order valence-corrected chi connectivity index (χ4v) is 1.57. The summed E-state index contributed by atoms with van der Waals surface area (Å²) in [6.07, 6.45) is 5.40. The van der Waals surface area contributed by atoms with Gasteiger partial charge in [0, 0.05) is 12.6 Å². The van der Waals surface area contributed by atoms with Crippen LogP contribution in [-0.4, -0.2) is 20.8 Å². The molecular weight excluding hydrogens is 188 g/mol. The fourth-order valence-electron chi connectivity index (χ4n) is 1.57. The van der Waals surface area contributed by atoms with E-state index in [1.54, 1.807) is 6.33 Å². The van der Waals surface area contributed by atoms with Crippen molar-refractivity contribution in [3.63, 3.8) is 0 Å². The number of nitrogens with zero attached hydrogens (tertiary/aromatic N) is 3. The summed E-state index contributed by atoms with van der Waals surface area (Å²) in [5.74, 6) is 1.03. The quantitative estimate of drug-likeness (QED) is 0.748. The van der Waals surface area contributed by atoms with Crippen molar-refractivity contribution in [3.05, 3.63) is 12.2 Å². The van der Waals surface area contributed by atoms with E-state index in [0.29, 0.717) is 6.04 Å². The first-order valence-corrected chi connectivity index (χ1v) is 5.88. The van der Waals surface area contributed by atoms with E-state index in [1.807, 2.05) is 4.68 Å². The van der Waals surface area contributed by atoms with Crippen LogP contribution in [0.5, 0.6) is 0 Å². The molecule has 86 valence electrons. The second-order valence-electron chi connectivity index (χ2n) is 3.92. The predicted octanol–water partition coefficient (Wildman–Crippen LogP) is 1.97. The van der Waals surface area contributed by atoms with Crippen molar-refractivity contribution < 1.29 is 0 Å². The number of nitrogens with one attached hydrogen (secondary N) is 1. The average Bonchev–Trinajstić information content (AvgIpc) is 2.70. The van der Waals surface area contributed by atoms with Crippen LogP contribution in [0.1, 0.15) is 45.9 Å². The smallest absolute Gasteiger partial charge is 0.140 e. The minimum atomic E-state index is 0.562. The molecule has 1 aromatic rings. The Balaban J connectivity index is 2.30. The standard InChI is InChI=1S/C11H22N4/c1-4-6-7-10(3)12-8-11-13-9-14-15(11)5-2/h9-10,12H,4-8H2,1-3H3. The van der Waals surface area contributed by atoms with Crippen LogP contribution in [0.25, 0.3) is 0 Å². The van der Waals surface area contributed by atoms with E-state index in [9.17, 15) is 0 Å². The van der Waals surface area contributed by atoms with Gasteiger partial charge in [-0.3, -0.25) is 0 Å². The maximum absolute atomic E-state index is 4.23. The van der Waals surface area contributed by atoms with Gasteiger partial charge in [-0.25, -0.2) is 9.67 Å². The lowest BCUT2D eigenvalue weighted by atomic mass is 10.1. The number of aromatic nitrogens is 3. The summed E-state index contributed by atoms with van der Waals surface area (Å²) >= 11 is 0. The highest BCUT2D eigenvalue weighted by molar-refractivity contribution is 4.84. The van der Waals surface area contributed by atoms with E-state index < -0.39 is 0 Å². The molecule has 0 aliphatic rings. The Kier molecular flexibility index (Phi) is 5.32. The molecule has 1 aromatic heterocycles. The van der Waals surface area contributed by atoms with Gasteiger partial charge in [0.25, 0.3) is 0 Å². The van der Waals surface area contributed by atoms with Crippen LogP contribution in [0.3, 0.4) is 0 Å². The molecule has 0 saturated carbocycles. The SMILES string of the molecule is CCCCC(C)NCc1ncnn1CC. The molecule has 4 nitrogen and oxygen atoms in total. The number of hydrogen-bond donors (Lipinski definition) is 1. The summed E-state index contributed by atoms with van der Waals surface area (Å²) in [7, 11) is 0. The summed E-state index contributed by atoms with van der Waals surface area (Å²) in [6, 6.07) is 0.562. The maximum atomic E-state index is 4.23. The van der Waals surface area contributed by atoms with Crippen molar-refractivity contribution in [2.45, 2.75) is 59.2 Å². The van der Waals surface area contributed by atoms with Gasteiger partial charge >= 0.3 is 0 Å². The van der Waals surface area contributed by atoms with Crippen LogP contribution in [0, 0.1) is 0 Å². The molecule has 0 aromatic carbocycles. The zero-order chi connectivity index (χ0) is 11.1. The molecule has 0 aliphatic carbocycles. The number of unbranched alkanes of at least 4 members (excludes halogenated alkanes) is 1. The fraction of sp³-hybridized carbons (Fsp3) is 0.818. The van der Waals surface area contributed by atoms with Crippen molar-refractivity contribution in [2.24, 2.45) is 0 Å². The Morgan fingerprint density at radius 3 is 2.93 bits per heavy atom. The molecular formula is C11H22N4. The molecule has 4 heteroatoms. The van der Waals surface area contributed by atoms with Crippen molar-refractivity contribution >= 4 is 0 Å². The van der Waals surface area contributed by atoms with E-state index >= 15 is 0 Å². The summed E-state index contributed by atoms with van der Waals surface area (Å²) in [6.45, 7) is 8.24. The molecule has 0 fully saturated rings. The molecule has 1 unspecified atom stereocenters. The first-order chi connectivity index (χ1) is 7.27. The van der Waals surface area contributed by atoms with Gasteiger partial charge < -0.3 is 5.32 Å². The largest absolute Gasteiger partial charge is 0.307 e. The molecule has 0 spiro atoms. The molecule has 1 atom stereocenters. The topological polar surface area (TPSA) is 42.7 Å². The van der Waals surface area contributed by atoms with E-state index in [-0.39, 0.29) is 0 Å². The lowest BCUT2D eigenvalue weighted by Gasteiger charge is -2.12. The third kappa shape index (κ3) is 4.00. The summed E-state index contributed by atoms with van der Waals surface area (Å²) < 4.78 is 1.93. The predicted molar refractivity (Wildman–Crippen MR) is 61.5 cm³/mol. The third-order valence-corrected chi connectivity index (χ3v) is 2.59. The molecule has 1 N–H and O–H groups in total. The highest BCUT2D eigenvalue weighted by atomic mass is 15.3. The minimum Gasteiger partial charge on any atom is -0.307 e. The number of hydrogen-bond acceptors (Lipinski definition) is 3. The van der Waals surface area contributed by atoms with Gasteiger partial charge in [-0.1, -0.05) is 19.8 Å². The molecule has 15 heavy (non-hydrogen) atoms. The van der Waals surface area contributed by atoms with E-state index in [4.69, 9.17) is 0 Å². The van der Waals surface area contributed by atoms with Gasteiger partial charge in [-0.15, -0.1) is 0 Å². The van der Waals surface area contributed by atoms with Crippen LogP contribution in [0.15, 0.2) is 6.33 Å². The van der Waals surface area contributed by atoms with Gasteiger partial charge in [0.05, 0.1) is 6.54 Å². The van der Waals surface area contributed by atoms with E-state index in [1.165, 1.54) is 19.3 Å². The van der Waals surface area contributed by atoms with E-state index in [0.717, 1.165) is 18.9 Å². The maximum Gasteiger partial charge on any atom is 0.140 e. The van der Waals surface area contributed by atoms with Crippen molar-refractivity contribution in [1.29, 1.82) is 0 Å². The average molecular weight is 210 g/mol. The van der Waals surface area contributed by atoms with Gasteiger partial charge in [0.1, 0.15) is 12.2 Å². The molecule has 0 bridgehead atoms. The highest BCUT2D eigenvalue weighted by Crippen LogP contribution is 2.01. The van der Waals surface area contributed by atoms with Crippen LogP contribution < -0.4 is 5.32 Å². The Labute approximate surface area is 92.1 Å². The Morgan fingerprint density at radius 2 is 2.27 bits per heavy atom. The lowest BCUT2D eigenvalue weighted by Crippen LogP contribution is -2.27. The van der Waals surface area contributed by atoms with Crippen molar-refractivity contribution in [1.82, 2.24) is 20.1 Å². The zero-order valence-electron chi connectivity index (χ0n) is 10.0. The molecule has 1 rings (SSSR count). The van der Waals surface area contributed by atoms with Crippen molar-refractivity contribution in [2.75, 3.05) is 0 Å². The third-order valence-electron chi connectivity index (χ3n) is 2.59. The van der Waals surface area contributed by atoms with Crippen LogP contribution in [0.2, 0.25) is 0 Å². The summed E-state index contributed by atoms with van der Waals surface area (Å²) in [5.41, 5.74) is 0. The van der Waals surface area contributed by atoms with Crippen LogP contribution in [0.4, 0.5) is 0 Å². The summed E-state index contributed by atoms with van der Waals surface area (Å²) in [4.78, 5) is 4.23. The molecule has 0 amide bonds. The minimum absolute atomic E-state index is 0.562. The van der Waals surface area contributed by atoms with Crippen LogP contribution in [-0.2, 0) is 13.1 Å². The second kappa shape index (κ2) is 6.56. The van der Waals surface area contributed by atoms with Gasteiger partial charge in [0.15, 0.2) is 0 Å².